The zero-order chi connectivity index (χ0) is 16.3. The van der Waals surface area contributed by atoms with Crippen molar-refractivity contribution < 1.29 is 14.3 Å². The molecule has 5 nitrogen and oxygen atoms in total. The van der Waals surface area contributed by atoms with Crippen LogP contribution in [0.2, 0.25) is 0 Å². The van der Waals surface area contributed by atoms with Crippen molar-refractivity contribution in [3.05, 3.63) is 0 Å². The zero-order valence-electron chi connectivity index (χ0n) is 14.0. The third-order valence-electron chi connectivity index (χ3n) is 3.10. The summed E-state index contributed by atoms with van der Waals surface area (Å²) in [5.41, 5.74) is -0.935. The van der Waals surface area contributed by atoms with Crippen LogP contribution in [0, 0.1) is 5.41 Å². The van der Waals surface area contributed by atoms with Gasteiger partial charge in [0.1, 0.15) is 11.6 Å². The molecule has 1 N–H and O–H groups in total. The Morgan fingerprint density at radius 2 is 1.62 bits per heavy atom. The molecule has 0 aliphatic carbocycles. The maximum Gasteiger partial charge on any atom is 0.408 e. The number of nitrogens with zero attached hydrogens (tertiary/aromatic N) is 1. The number of nitrogens with one attached hydrogen (secondary N) is 1. The number of thioether (sulfide) groups is 1. The number of carbonyl (C=O) groups is 2. The van der Waals surface area contributed by atoms with E-state index in [1.54, 1.807) is 0 Å². The standard InChI is InChI=1S/C15H28N2O3S/c1-14(2,3)11(16-13(19)20-15(4,5)6)12(18)17-7-9-21-10-8-17/h11H,7-10H2,1-6H3,(H,16,19). The number of rotatable bonds is 2. The van der Waals surface area contributed by atoms with Gasteiger partial charge in [-0.3, -0.25) is 4.79 Å². The molecular weight excluding hydrogens is 288 g/mol. The van der Waals surface area contributed by atoms with Crippen LogP contribution in [0.4, 0.5) is 4.79 Å². The Bertz CT molecular complexity index is 379. The van der Waals surface area contributed by atoms with Gasteiger partial charge in [-0.05, 0) is 26.2 Å². The van der Waals surface area contributed by atoms with Crippen LogP contribution in [0.3, 0.4) is 0 Å². The lowest BCUT2D eigenvalue weighted by molar-refractivity contribution is -0.135. The number of carbonyl (C=O) groups excluding carboxylic acids is 2. The van der Waals surface area contributed by atoms with E-state index in [9.17, 15) is 9.59 Å². The molecule has 2 amide bonds. The first-order chi connectivity index (χ1) is 9.50. The van der Waals surface area contributed by atoms with Crippen molar-refractivity contribution in [1.29, 1.82) is 0 Å². The molecule has 0 bridgehead atoms. The maximum absolute atomic E-state index is 12.7. The van der Waals surface area contributed by atoms with Gasteiger partial charge in [-0.2, -0.15) is 11.8 Å². The normalized spacial score (nSPS) is 18.1. The minimum Gasteiger partial charge on any atom is -0.444 e. The van der Waals surface area contributed by atoms with Crippen molar-refractivity contribution in [2.24, 2.45) is 5.41 Å². The summed E-state index contributed by atoms with van der Waals surface area (Å²) in [4.78, 5) is 26.5. The highest BCUT2D eigenvalue weighted by atomic mass is 32.2. The number of hydrogen-bond donors (Lipinski definition) is 1. The molecule has 1 fully saturated rings. The molecule has 1 aliphatic heterocycles. The second-order valence-electron chi connectivity index (χ2n) is 7.38. The minimum absolute atomic E-state index is 0.0198. The lowest BCUT2D eigenvalue weighted by atomic mass is 9.86. The zero-order valence-corrected chi connectivity index (χ0v) is 14.8. The molecule has 0 aromatic carbocycles. The maximum atomic E-state index is 12.7. The lowest BCUT2D eigenvalue weighted by Gasteiger charge is -2.36. The van der Waals surface area contributed by atoms with E-state index in [0.717, 1.165) is 24.6 Å². The van der Waals surface area contributed by atoms with Crippen LogP contribution in [-0.2, 0) is 9.53 Å². The fraction of sp³-hybridized carbons (Fsp3) is 0.867. The summed E-state index contributed by atoms with van der Waals surface area (Å²) >= 11 is 1.85. The van der Waals surface area contributed by atoms with Gasteiger partial charge >= 0.3 is 6.09 Å². The van der Waals surface area contributed by atoms with E-state index < -0.39 is 17.7 Å². The molecule has 0 aromatic rings. The van der Waals surface area contributed by atoms with Gasteiger partial charge in [0.15, 0.2) is 0 Å². The van der Waals surface area contributed by atoms with Gasteiger partial charge in [-0.25, -0.2) is 4.79 Å². The van der Waals surface area contributed by atoms with Crippen LogP contribution >= 0.6 is 11.8 Å². The van der Waals surface area contributed by atoms with E-state index in [1.807, 2.05) is 58.2 Å². The Balaban J connectivity index is 2.76. The van der Waals surface area contributed by atoms with Gasteiger partial charge in [0.25, 0.3) is 0 Å². The highest BCUT2D eigenvalue weighted by molar-refractivity contribution is 7.99. The summed E-state index contributed by atoms with van der Waals surface area (Å²) < 4.78 is 5.28. The molecule has 1 heterocycles. The number of amides is 2. The van der Waals surface area contributed by atoms with Crippen LogP contribution in [0.5, 0.6) is 0 Å². The van der Waals surface area contributed by atoms with E-state index in [4.69, 9.17) is 4.74 Å². The molecule has 0 aromatic heterocycles. The van der Waals surface area contributed by atoms with E-state index in [2.05, 4.69) is 5.32 Å². The van der Waals surface area contributed by atoms with Crippen molar-refractivity contribution in [2.75, 3.05) is 24.6 Å². The molecule has 1 saturated heterocycles. The molecule has 122 valence electrons. The van der Waals surface area contributed by atoms with Crippen molar-refractivity contribution in [3.8, 4) is 0 Å². The summed E-state index contributed by atoms with van der Waals surface area (Å²) in [5, 5.41) is 2.75. The molecule has 0 saturated carbocycles. The molecule has 1 rings (SSSR count). The fourth-order valence-electron chi connectivity index (χ4n) is 2.04. The first-order valence-electron chi connectivity index (χ1n) is 7.37. The Hall–Kier alpha value is -0.910. The Morgan fingerprint density at radius 1 is 1.10 bits per heavy atom. The molecule has 21 heavy (non-hydrogen) atoms. The molecule has 0 spiro atoms. The van der Waals surface area contributed by atoms with Crippen molar-refractivity contribution >= 4 is 23.8 Å². The lowest BCUT2D eigenvalue weighted by Crippen LogP contribution is -2.56. The summed E-state index contributed by atoms with van der Waals surface area (Å²) in [6.45, 7) is 12.8. The number of hydrogen-bond acceptors (Lipinski definition) is 4. The van der Waals surface area contributed by atoms with Gasteiger partial charge < -0.3 is 15.0 Å². The number of alkyl carbamates (subject to hydrolysis) is 1. The molecule has 1 unspecified atom stereocenters. The Morgan fingerprint density at radius 3 is 2.05 bits per heavy atom. The molecule has 6 heteroatoms. The largest absolute Gasteiger partial charge is 0.444 e. The second-order valence-corrected chi connectivity index (χ2v) is 8.61. The van der Waals surface area contributed by atoms with Gasteiger partial charge in [-0.15, -0.1) is 0 Å². The number of ether oxygens (including phenoxy) is 1. The van der Waals surface area contributed by atoms with Crippen molar-refractivity contribution in [1.82, 2.24) is 10.2 Å². The van der Waals surface area contributed by atoms with E-state index in [0.29, 0.717) is 0 Å². The summed E-state index contributed by atoms with van der Waals surface area (Å²) in [7, 11) is 0. The van der Waals surface area contributed by atoms with Crippen molar-refractivity contribution in [3.63, 3.8) is 0 Å². The second kappa shape index (κ2) is 6.90. The Kier molecular flexibility index (Phi) is 5.96. The fourth-order valence-corrected chi connectivity index (χ4v) is 2.94. The molecule has 1 atom stereocenters. The summed E-state index contributed by atoms with van der Waals surface area (Å²) in [6.07, 6.45) is -0.540. The van der Waals surface area contributed by atoms with Crippen LogP contribution in [-0.4, -0.2) is 53.1 Å². The highest BCUT2D eigenvalue weighted by Crippen LogP contribution is 2.23. The van der Waals surface area contributed by atoms with Crippen LogP contribution in [0.15, 0.2) is 0 Å². The van der Waals surface area contributed by atoms with Gasteiger partial charge in [0.05, 0.1) is 0 Å². The average molecular weight is 316 g/mol. The monoisotopic (exact) mass is 316 g/mol. The van der Waals surface area contributed by atoms with Crippen molar-refractivity contribution in [2.45, 2.75) is 53.2 Å². The van der Waals surface area contributed by atoms with Gasteiger partial charge in [-0.1, -0.05) is 20.8 Å². The first-order valence-corrected chi connectivity index (χ1v) is 8.52. The SMILES string of the molecule is CC(C)(C)OC(=O)NC(C(=O)N1CCSCC1)C(C)(C)C. The third-order valence-corrected chi connectivity index (χ3v) is 4.04. The van der Waals surface area contributed by atoms with Crippen LogP contribution in [0.1, 0.15) is 41.5 Å². The minimum atomic E-state index is -0.574. The predicted octanol–water partition coefficient (Wildman–Crippen LogP) is 2.50. The summed E-state index contributed by atoms with van der Waals surface area (Å²) in [6, 6.07) is -0.574. The van der Waals surface area contributed by atoms with E-state index in [1.165, 1.54) is 0 Å². The predicted molar refractivity (Wildman–Crippen MR) is 86.5 cm³/mol. The highest BCUT2D eigenvalue weighted by Gasteiger charge is 2.37. The van der Waals surface area contributed by atoms with Crippen LogP contribution < -0.4 is 5.32 Å². The molecular formula is C15H28N2O3S. The molecule has 0 radical (unpaired) electrons. The quantitative estimate of drug-likeness (QED) is 0.850. The Labute approximate surface area is 132 Å². The van der Waals surface area contributed by atoms with Gasteiger partial charge in [0.2, 0.25) is 5.91 Å². The van der Waals surface area contributed by atoms with Gasteiger partial charge in [0, 0.05) is 24.6 Å². The average Bonchev–Trinajstić information content (AvgIpc) is 2.33. The van der Waals surface area contributed by atoms with E-state index >= 15 is 0 Å². The smallest absolute Gasteiger partial charge is 0.408 e. The molecule has 1 aliphatic rings. The van der Waals surface area contributed by atoms with E-state index in [-0.39, 0.29) is 11.3 Å². The first kappa shape index (κ1) is 18.1. The third kappa shape index (κ3) is 6.16. The summed E-state index contributed by atoms with van der Waals surface area (Å²) in [5.74, 6) is 1.89. The van der Waals surface area contributed by atoms with Crippen LogP contribution in [0.25, 0.3) is 0 Å². The topological polar surface area (TPSA) is 58.6 Å².